The van der Waals surface area contributed by atoms with E-state index in [0.29, 0.717) is 12.5 Å². The van der Waals surface area contributed by atoms with Gasteiger partial charge < -0.3 is 4.74 Å². The number of hydrogen-bond acceptors (Lipinski definition) is 2. The fourth-order valence-electron chi connectivity index (χ4n) is 2.49. The Morgan fingerprint density at radius 2 is 1.83 bits per heavy atom. The van der Waals surface area contributed by atoms with Gasteiger partial charge in [0, 0.05) is 0 Å². The summed E-state index contributed by atoms with van der Waals surface area (Å²) in [6.07, 6.45) is 5.21. The lowest BCUT2D eigenvalue weighted by atomic mass is 9.85. The van der Waals surface area contributed by atoms with Gasteiger partial charge >= 0.3 is 5.97 Å². The lowest BCUT2D eigenvalue weighted by molar-refractivity contribution is -0.152. The summed E-state index contributed by atoms with van der Waals surface area (Å²) in [6.45, 7) is 13.5. The summed E-state index contributed by atoms with van der Waals surface area (Å²) in [5.74, 6) is 0.739. The maximum atomic E-state index is 12.0. The average molecular weight is 256 g/mol. The Morgan fingerprint density at radius 1 is 1.22 bits per heavy atom. The monoisotopic (exact) mass is 256 g/mol. The molecule has 0 fully saturated rings. The number of esters is 1. The second-order valence-electron chi connectivity index (χ2n) is 6.62. The molecule has 1 atom stereocenters. The quantitative estimate of drug-likeness (QED) is 0.553. The van der Waals surface area contributed by atoms with Crippen LogP contribution in [0.5, 0.6) is 0 Å². The molecule has 0 radical (unpaired) electrons. The summed E-state index contributed by atoms with van der Waals surface area (Å²) in [5, 5.41) is 0. The van der Waals surface area contributed by atoms with E-state index in [1.165, 1.54) is 0 Å². The Labute approximate surface area is 113 Å². The van der Waals surface area contributed by atoms with E-state index in [2.05, 4.69) is 41.5 Å². The van der Waals surface area contributed by atoms with Crippen LogP contribution in [0.2, 0.25) is 0 Å². The van der Waals surface area contributed by atoms with Crippen LogP contribution in [-0.4, -0.2) is 12.6 Å². The van der Waals surface area contributed by atoms with Gasteiger partial charge in [-0.05, 0) is 30.6 Å². The molecule has 0 aliphatic carbocycles. The van der Waals surface area contributed by atoms with E-state index >= 15 is 0 Å². The highest BCUT2D eigenvalue weighted by Crippen LogP contribution is 2.26. The molecule has 0 bridgehead atoms. The largest absolute Gasteiger partial charge is 0.465 e. The third-order valence-electron chi connectivity index (χ3n) is 3.30. The number of carbonyl (C=O) groups is 1. The van der Waals surface area contributed by atoms with Gasteiger partial charge in [-0.15, -0.1) is 0 Å². The van der Waals surface area contributed by atoms with Crippen molar-refractivity contribution in [1.29, 1.82) is 0 Å². The summed E-state index contributed by atoms with van der Waals surface area (Å²) in [6, 6.07) is 0. The molecule has 0 N–H and O–H groups in total. The van der Waals surface area contributed by atoms with E-state index in [1.807, 2.05) is 0 Å². The third-order valence-corrected chi connectivity index (χ3v) is 3.30. The maximum Gasteiger partial charge on any atom is 0.308 e. The van der Waals surface area contributed by atoms with Crippen molar-refractivity contribution in [3.63, 3.8) is 0 Å². The molecule has 0 heterocycles. The maximum absolute atomic E-state index is 12.0. The minimum Gasteiger partial charge on any atom is -0.465 e. The minimum atomic E-state index is 0.00258. The highest BCUT2D eigenvalue weighted by atomic mass is 16.5. The molecular weight excluding hydrogens is 224 g/mol. The van der Waals surface area contributed by atoms with Crippen molar-refractivity contribution in [2.45, 2.75) is 73.6 Å². The zero-order valence-corrected chi connectivity index (χ0v) is 13.2. The highest BCUT2D eigenvalue weighted by Gasteiger charge is 2.24. The molecule has 108 valence electrons. The number of hydrogen-bond donors (Lipinski definition) is 0. The molecule has 0 aromatic heterocycles. The second kappa shape index (κ2) is 8.55. The summed E-state index contributed by atoms with van der Waals surface area (Å²) in [4.78, 5) is 12.0. The molecule has 0 saturated heterocycles. The van der Waals surface area contributed by atoms with E-state index in [4.69, 9.17) is 4.74 Å². The Balaban J connectivity index is 4.13. The average Bonchev–Trinajstić information content (AvgIpc) is 2.26. The fourth-order valence-corrected chi connectivity index (χ4v) is 2.49. The lowest BCUT2D eigenvalue weighted by Gasteiger charge is -2.27. The first kappa shape index (κ1) is 17.5. The highest BCUT2D eigenvalue weighted by molar-refractivity contribution is 5.72. The normalized spacial score (nSPS) is 13.7. The van der Waals surface area contributed by atoms with Gasteiger partial charge in [-0.2, -0.15) is 0 Å². The number of unbranched alkanes of at least 4 members (excludes halogenated alkanes) is 1. The molecule has 0 spiro atoms. The van der Waals surface area contributed by atoms with E-state index < -0.39 is 0 Å². The van der Waals surface area contributed by atoms with Gasteiger partial charge in [0.15, 0.2) is 0 Å². The molecule has 0 saturated carbocycles. The summed E-state index contributed by atoms with van der Waals surface area (Å²) in [7, 11) is 0. The van der Waals surface area contributed by atoms with Crippen LogP contribution >= 0.6 is 0 Å². The van der Waals surface area contributed by atoms with Crippen LogP contribution < -0.4 is 0 Å². The van der Waals surface area contributed by atoms with Gasteiger partial charge in [-0.1, -0.05) is 54.4 Å². The van der Waals surface area contributed by atoms with Crippen LogP contribution in [0.3, 0.4) is 0 Å². The summed E-state index contributed by atoms with van der Waals surface area (Å²) < 4.78 is 5.52. The molecule has 0 aliphatic heterocycles. The molecular formula is C16H32O2. The first-order valence-electron chi connectivity index (χ1n) is 7.49. The van der Waals surface area contributed by atoms with E-state index in [1.54, 1.807) is 0 Å². The van der Waals surface area contributed by atoms with Crippen LogP contribution in [0, 0.1) is 17.3 Å². The molecule has 0 aromatic carbocycles. The van der Waals surface area contributed by atoms with Gasteiger partial charge in [0.25, 0.3) is 0 Å². The number of carbonyl (C=O) groups excluding carboxylic acids is 1. The predicted molar refractivity (Wildman–Crippen MR) is 77.5 cm³/mol. The van der Waals surface area contributed by atoms with Gasteiger partial charge in [0.05, 0.1) is 12.5 Å². The lowest BCUT2D eigenvalue weighted by Crippen LogP contribution is -2.26. The van der Waals surface area contributed by atoms with Crippen LogP contribution in [0.1, 0.15) is 73.6 Å². The molecule has 0 amide bonds. The van der Waals surface area contributed by atoms with Crippen molar-refractivity contribution in [2.75, 3.05) is 6.61 Å². The third kappa shape index (κ3) is 7.73. The minimum absolute atomic E-state index is 0.00258. The van der Waals surface area contributed by atoms with Crippen molar-refractivity contribution in [2.24, 2.45) is 17.3 Å². The Morgan fingerprint density at radius 3 is 2.28 bits per heavy atom. The van der Waals surface area contributed by atoms with Gasteiger partial charge in [-0.3, -0.25) is 4.79 Å². The van der Waals surface area contributed by atoms with Crippen LogP contribution in [-0.2, 0) is 9.53 Å². The van der Waals surface area contributed by atoms with E-state index in [0.717, 1.165) is 32.1 Å². The first-order chi connectivity index (χ1) is 8.32. The van der Waals surface area contributed by atoms with Crippen molar-refractivity contribution in [3.8, 4) is 0 Å². The van der Waals surface area contributed by atoms with Gasteiger partial charge in [0.1, 0.15) is 0 Å². The number of ether oxygens (including phenoxy) is 1. The molecule has 0 rings (SSSR count). The fraction of sp³-hybridized carbons (Fsp3) is 0.938. The van der Waals surface area contributed by atoms with Crippen molar-refractivity contribution < 1.29 is 9.53 Å². The zero-order valence-electron chi connectivity index (χ0n) is 13.2. The molecule has 2 nitrogen and oxygen atoms in total. The molecule has 2 heteroatoms. The zero-order chi connectivity index (χ0) is 14.2. The van der Waals surface area contributed by atoms with Gasteiger partial charge in [-0.25, -0.2) is 0 Å². The summed E-state index contributed by atoms with van der Waals surface area (Å²) >= 11 is 0. The SMILES string of the molecule is CCCCC(CC)C(=O)OCC(C)(C)CC(C)C. The smallest absolute Gasteiger partial charge is 0.308 e. The summed E-state index contributed by atoms with van der Waals surface area (Å²) in [5.41, 5.74) is 0.0902. The molecule has 1 unspecified atom stereocenters. The first-order valence-corrected chi connectivity index (χ1v) is 7.49. The van der Waals surface area contributed by atoms with Crippen molar-refractivity contribution in [1.82, 2.24) is 0 Å². The van der Waals surface area contributed by atoms with E-state index in [9.17, 15) is 4.79 Å². The molecule has 18 heavy (non-hydrogen) atoms. The standard InChI is InChI=1S/C16H32O2/c1-7-9-10-14(8-2)15(17)18-12-16(5,6)11-13(3)4/h13-14H,7-12H2,1-6H3. The van der Waals surface area contributed by atoms with Crippen LogP contribution in [0.25, 0.3) is 0 Å². The Kier molecular flexibility index (Phi) is 8.30. The Hall–Kier alpha value is -0.530. The topological polar surface area (TPSA) is 26.3 Å². The Bertz CT molecular complexity index is 231. The van der Waals surface area contributed by atoms with E-state index in [-0.39, 0.29) is 17.3 Å². The predicted octanol–water partition coefficient (Wildman–Crippen LogP) is 4.82. The molecule has 0 aromatic rings. The van der Waals surface area contributed by atoms with Crippen molar-refractivity contribution in [3.05, 3.63) is 0 Å². The second-order valence-corrected chi connectivity index (χ2v) is 6.62. The number of rotatable bonds is 9. The van der Waals surface area contributed by atoms with Crippen LogP contribution in [0.15, 0.2) is 0 Å². The van der Waals surface area contributed by atoms with Crippen molar-refractivity contribution >= 4 is 5.97 Å². The molecule has 0 aliphatic rings. The van der Waals surface area contributed by atoms with Crippen LogP contribution in [0.4, 0.5) is 0 Å². The van der Waals surface area contributed by atoms with Gasteiger partial charge in [0.2, 0.25) is 0 Å².